The number of hydrogen-bond acceptors (Lipinski definition) is 7. The van der Waals surface area contributed by atoms with Gasteiger partial charge in [-0.2, -0.15) is 0 Å². The molecule has 7 nitrogen and oxygen atoms in total. The van der Waals surface area contributed by atoms with E-state index in [1.807, 2.05) is 14.7 Å². The zero-order chi connectivity index (χ0) is 14.3. The fraction of sp³-hybridized carbons (Fsp3) is 0.538. The summed E-state index contributed by atoms with van der Waals surface area (Å²) in [4.78, 5) is 30.5. The van der Waals surface area contributed by atoms with E-state index in [0.717, 1.165) is 39.3 Å². The first-order valence-corrected chi connectivity index (χ1v) is 6.78. The molecule has 0 aromatic heterocycles. The molecule has 3 heterocycles. The summed E-state index contributed by atoms with van der Waals surface area (Å²) in [6.45, 7) is 5.41. The Morgan fingerprint density at radius 1 is 0.952 bits per heavy atom. The van der Waals surface area contributed by atoms with E-state index >= 15 is 0 Å². The fourth-order valence-electron chi connectivity index (χ4n) is 2.28. The quantitative estimate of drug-likeness (QED) is 0.401. The minimum Gasteiger partial charge on any atom is -0.365 e. The smallest absolute Gasteiger partial charge is 0.227 e. The third-order valence-corrected chi connectivity index (χ3v) is 3.49. The Hall–Kier alpha value is -1.57. The summed E-state index contributed by atoms with van der Waals surface area (Å²) in [5.41, 5.74) is 3.64. The minimum atomic E-state index is 0. The van der Waals surface area contributed by atoms with Crippen LogP contribution in [0, 0.1) is 0 Å². The Morgan fingerprint density at radius 2 is 1.38 bits per heavy atom. The van der Waals surface area contributed by atoms with Crippen LogP contribution in [0.15, 0.2) is 23.2 Å². The van der Waals surface area contributed by atoms with E-state index in [4.69, 9.17) is 5.21 Å². The van der Waals surface area contributed by atoms with Crippen LogP contribution in [0.5, 0.6) is 0 Å². The van der Waals surface area contributed by atoms with Crippen molar-refractivity contribution in [3.8, 4) is 0 Å². The van der Waals surface area contributed by atoms with E-state index in [1.54, 1.807) is 5.48 Å². The summed E-state index contributed by atoms with van der Waals surface area (Å²) in [5, 5.41) is 7.32. The molecule has 3 saturated heterocycles. The van der Waals surface area contributed by atoms with Crippen molar-refractivity contribution in [2.24, 2.45) is 0 Å². The lowest BCUT2D eigenvalue weighted by atomic mass is 10.0. The van der Waals surface area contributed by atoms with Crippen molar-refractivity contribution in [2.45, 2.75) is 0 Å². The van der Waals surface area contributed by atoms with Gasteiger partial charge in [-0.3, -0.25) is 9.59 Å². The maximum absolute atomic E-state index is 12.4. The van der Waals surface area contributed by atoms with Gasteiger partial charge in [0.2, 0.25) is 11.6 Å². The van der Waals surface area contributed by atoms with Gasteiger partial charge in [-0.05, 0) is 0 Å². The van der Waals surface area contributed by atoms with E-state index in [-0.39, 0.29) is 24.0 Å². The molecule has 0 amide bonds. The molecule has 3 fully saturated rings. The van der Waals surface area contributed by atoms with Gasteiger partial charge in [0.05, 0.1) is 5.70 Å². The maximum atomic E-state index is 12.4. The zero-order valence-electron chi connectivity index (χ0n) is 11.8. The lowest BCUT2D eigenvalue weighted by molar-refractivity contribution is -0.117. The van der Waals surface area contributed by atoms with Gasteiger partial charge < -0.3 is 19.9 Å². The third kappa shape index (κ3) is 3.20. The second-order valence-electron chi connectivity index (χ2n) is 5.10. The summed E-state index contributed by atoms with van der Waals surface area (Å²) >= 11 is 0. The molecule has 21 heavy (non-hydrogen) atoms. The Bertz CT molecular complexity index is 520. The van der Waals surface area contributed by atoms with E-state index < -0.39 is 0 Å². The van der Waals surface area contributed by atoms with Crippen LogP contribution >= 0.6 is 12.4 Å². The van der Waals surface area contributed by atoms with Crippen LogP contribution in [0.1, 0.15) is 0 Å². The molecule has 0 radical (unpaired) electrons. The van der Waals surface area contributed by atoms with Gasteiger partial charge in [0, 0.05) is 52.4 Å². The highest BCUT2D eigenvalue weighted by Gasteiger charge is 2.43. The van der Waals surface area contributed by atoms with Gasteiger partial charge in [0.25, 0.3) is 0 Å². The van der Waals surface area contributed by atoms with Crippen molar-refractivity contribution in [1.29, 1.82) is 0 Å². The molecule has 0 atom stereocenters. The molecule has 4 aliphatic rings. The van der Waals surface area contributed by atoms with Crippen LogP contribution < -0.4 is 5.48 Å². The summed E-state index contributed by atoms with van der Waals surface area (Å²) in [6, 6.07) is 0. The number of carbonyl (C=O) groups is 2. The minimum absolute atomic E-state index is 0. The molecule has 8 heteroatoms. The van der Waals surface area contributed by atoms with Gasteiger partial charge in [-0.1, -0.05) is 0 Å². The normalized spacial score (nSPS) is 22.4. The van der Waals surface area contributed by atoms with E-state index in [1.165, 1.54) is 13.1 Å². The summed E-state index contributed by atoms with van der Waals surface area (Å²) in [7, 11) is 1.43. The fourth-order valence-corrected chi connectivity index (χ4v) is 2.28. The first-order chi connectivity index (χ1) is 9.67. The second kappa shape index (κ2) is 6.05. The van der Waals surface area contributed by atoms with Crippen molar-refractivity contribution in [2.75, 3.05) is 46.3 Å². The first-order valence-electron chi connectivity index (χ1n) is 6.78. The third-order valence-electron chi connectivity index (χ3n) is 3.49. The second-order valence-corrected chi connectivity index (χ2v) is 5.10. The van der Waals surface area contributed by atoms with Crippen LogP contribution in [-0.2, 0) is 9.59 Å². The number of rotatable bonds is 3. The molecule has 0 saturated carbocycles. The number of Topliss-reactive ketones (excluding diaryl/α,β-unsaturated/α-hetero) is 1. The van der Waals surface area contributed by atoms with Crippen molar-refractivity contribution in [3.05, 3.63) is 23.2 Å². The highest BCUT2D eigenvalue weighted by molar-refractivity contribution is 6.22. The molecule has 0 bridgehead atoms. The van der Waals surface area contributed by atoms with Gasteiger partial charge in [-0.25, -0.2) is 5.48 Å². The Balaban J connectivity index is 0.000000375. The largest absolute Gasteiger partial charge is 0.365 e. The Kier molecular flexibility index (Phi) is 4.55. The van der Waals surface area contributed by atoms with Gasteiger partial charge in [-0.15, -0.1) is 12.4 Å². The van der Waals surface area contributed by atoms with Crippen molar-refractivity contribution < 1.29 is 14.8 Å². The molecule has 3 aliphatic heterocycles. The van der Waals surface area contributed by atoms with Gasteiger partial charge in [0.15, 0.2) is 0 Å². The molecule has 0 aromatic rings. The van der Waals surface area contributed by atoms with Crippen LogP contribution in [0.2, 0.25) is 0 Å². The monoisotopic (exact) mass is 314 g/mol. The molecule has 0 spiro atoms. The number of carbonyl (C=O) groups excluding carboxylic acids is 2. The van der Waals surface area contributed by atoms with Gasteiger partial charge in [0.1, 0.15) is 11.4 Å². The number of halogens is 1. The van der Waals surface area contributed by atoms with Crippen molar-refractivity contribution >= 4 is 24.0 Å². The van der Waals surface area contributed by atoms with Crippen LogP contribution in [0.3, 0.4) is 0 Å². The predicted molar refractivity (Wildman–Crippen MR) is 77.9 cm³/mol. The topological polar surface area (TPSA) is 75.4 Å². The van der Waals surface area contributed by atoms with Gasteiger partial charge >= 0.3 is 0 Å². The maximum Gasteiger partial charge on any atom is 0.227 e. The van der Waals surface area contributed by atoms with Crippen molar-refractivity contribution in [3.63, 3.8) is 0 Å². The van der Waals surface area contributed by atoms with E-state index in [9.17, 15) is 9.59 Å². The average molecular weight is 315 g/mol. The Morgan fingerprint density at radius 3 is 1.81 bits per heavy atom. The summed E-state index contributed by atoms with van der Waals surface area (Å²) < 4.78 is 0. The molecular formula is C13H19ClN4O3. The van der Waals surface area contributed by atoms with Crippen LogP contribution in [0.25, 0.3) is 0 Å². The van der Waals surface area contributed by atoms with E-state index in [0.29, 0.717) is 17.1 Å². The first kappa shape index (κ1) is 15.8. The summed E-state index contributed by atoms with van der Waals surface area (Å²) in [5.74, 6) is 0.0485. The summed E-state index contributed by atoms with van der Waals surface area (Å²) in [6.07, 6.45) is 1.52. The highest BCUT2D eigenvalue weighted by atomic mass is 35.5. The molecule has 1 aliphatic carbocycles. The molecule has 116 valence electrons. The molecule has 4 rings (SSSR count). The molecule has 2 N–H and O–H groups in total. The SMILES string of the molecule is CNO.Cl.O=C1C=C(N2CC2)C(=O)C(N2CC2)=C1N1CC1. The van der Waals surface area contributed by atoms with Crippen LogP contribution in [-0.4, -0.2) is 77.8 Å². The zero-order valence-corrected chi connectivity index (χ0v) is 12.7. The lowest BCUT2D eigenvalue weighted by Crippen LogP contribution is -2.29. The molecule has 0 aromatic carbocycles. The standard InChI is InChI=1S/C12H13N3O2.CH5NO.ClH/c16-9-7-8(13-1-2-13)12(17)11(15-5-6-15)10(9)14-3-4-14;1-2-3;/h7H,1-6H2;2-3H,1H3;1H. The highest BCUT2D eigenvalue weighted by Crippen LogP contribution is 2.33. The predicted octanol–water partition coefficient (Wildman–Crippen LogP) is -0.803. The Labute approximate surface area is 129 Å². The number of allylic oxidation sites excluding steroid dienone is 1. The van der Waals surface area contributed by atoms with Crippen LogP contribution in [0.4, 0.5) is 0 Å². The average Bonchev–Trinajstić information content (AvgIpc) is 3.28. The number of nitrogens with one attached hydrogen (secondary N) is 1. The van der Waals surface area contributed by atoms with Crippen molar-refractivity contribution in [1.82, 2.24) is 20.2 Å². The number of nitrogens with zero attached hydrogens (tertiary/aromatic N) is 3. The number of hydrogen-bond donors (Lipinski definition) is 2. The molecular weight excluding hydrogens is 296 g/mol. The lowest BCUT2D eigenvalue weighted by Gasteiger charge is -2.21. The van der Waals surface area contributed by atoms with E-state index in [2.05, 4.69) is 0 Å². The number of ketones is 2. The number of hydroxylamine groups is 1. The molecule has 0 unspecified atom stereocenters.